The van der Waals surface area contributed by atoms with Crippen LogP contribution in [0.5, 0.6) is 0 Å². The van der Waals surface area contributed by atoms with Gasteiger partial charge in [-0.2, -0.15) is 0 Å². The van der Waals surface area contributed by atoms with E-state index in [-0.39, 0.29) is 0 Å². The highest BCUT2D eigenvalue weighted by molar-refractivity contribution is 5.40. The number of rotatable bonds is 2. The molecule has 0 bridgehead atoms. The summed E-state index contributed by atoms with van der Waals surface area (Å²) in [5.41, 5.74) is 1.34. The van der Waals surface area contributed by atoms with Crippen LogP contribution in [0.15, 0.2) is 18.3 Å². The van der Waals surface area contributed by atoms with Gasteiger partial charge >= 0.3 is 0 Å². The summed E-state index contributed by atoms with van der Waals surface area (Å²) in [6, 6.07) is 4.94. The number of piperidine rings is 1. The lowest BCUT2D eigenvalue weighted by Gasteiger charge is -2.29. The van der Waals surface area contributed by atoms with E-state index in [1.54, 1.807) is 0 Å². The Kier molecular flexibility index (Phi) is 3.76. The van der Waals surface area contributed by atoms with E-state index in [9.17, 15) is 0 Å². The second-order valence-corrected chi connectivity index (χ2v) is 5.19. The molecule has 2 aliphatic heterocycles. The first kappa shape index (κ1) is 11.9. The molecule has 1 atom stereocenters. The number of aromatic nitrogens is 1. The number of anilines is 1. The average molecular weight is 246 g/mol. The molecule has 4 heteroatoms. The Hall–Kier alpha value is -1.13. The lowest BCUT2D eigenvalue weighted by molar-refractivity contribution is 0.411. The Labute approximate surface area is 109 Å². The van der Waals surface area contributed by atoms with Crippen molar-refractivity contribution in [2.24, 2.45) is 0 Å². The normalized spacial score (nSPS) is 25.1. The highest BCUT2D eigenvalue weighted by Crippen LogP contribution is 2.23. The predicted molar refractivity (Wildman–Crippen MR) is 73.9 cm³/mol. The van der Waals surface area contributed by atoms with Gasteiger partial charge in [0.05, 0.1) is 0 Å². The van der Waals surface area contributed by atoms with E-state index in [1.807, 2.05) is 0 Å². The summed E-state index contributed by atoms with van der Waals surface area (Å²) in [7, 11) is 0. The first-order chi connectivity index (χ1) is 8.93. The molecule has 0 unspecified atom stereocenters. The SMILES string of the molecule is c1cc(N2CCNCC2)ncc1[C@@H]1CCCCN1. The van der Waals surface area contributed by atoms with Gasteiger partial charge in [-0.05, 0) is 31.0 Å². The van der Waals surface area contributed by atoms with Gasteiger partial charge in [-0.25, -0.2) is 4.98 Å². The van der Waals surface area contributed by atoms with Crippen LogP contribution in [0.4, 0.5) is 5.82 Å². The fourth-order valence-corrected chi connectivity index (χ4v) is 2.82. The van der Waals surface area contributed by atoms with E-state index in [1.165, 1.54) is 24.8 Å². The standard InChI is InChI=1S/C14H22N4/c1-2-6-16-13(3-1)12-4-5-14(17-11-12)18-9-7-15-8-10-18/h4-5,11,13,15-16H,1-3,6-10H2/t13-/m0/s1. The van der Waals surface area contributed by atoms with E-state index in [0.717, 1.165) is 38.5 Å². The van der Waals surface area contributed by atoms with E-state index < -0.39 is 0 Å². The lowest BCUT2D eigenvalue weighted by Crippen LogP contribution is -2.43. The summed E-state index contributed by atoms with van der Waals surface area (Å²) in [4.78, 5) is 6.99. The van der Waals surface area contributed by atoms with E-state index in [4.69, 9.17) is 0 Å². The minimum absolute atomic E-state index is 0.517. The Bertz CT molecular complexity index is 327. The van der Waals surface area contributed by atoms with Gasteiger partial charge in [0, 0.05) is 38.4 Å². The van der Waals surface area contributed by atoms with Crippen LogP contribution < -0.4 is 15.5 Å². The summed E-state index contributed by atoms with van der Waals surface area (Å²) in [6.07, 6.45) is 5.94. The molecular weight excluding hydrogens is 224 g/mol. The summed E-state index contributed by atoms with van der Waals surface area (Å²) >= 11 is 0. The maximum Gasteiger partial charge on any atom is 0.128 e. The minimum Gasteiger partial charge on any atom is -0.354 e. The lowest BCUT2D eigenvalue weighted by atomic mass is 9.99. The van der Waals surface area contributed by atoms with Crippen LogP contribution in [-0.2, 0) is 0 Å². The first-order valence-corrected chi connectivity index (χ1v) is 7.08. The van der Waals surface area contributed by atoms with Gasteiger partial charge in [0.2, 0.25) is 0 Å². The average Bonchev–Trinajstić information content (AvgIpc) is 2.49. The molecule has 2 aliphatic rings. The van der Waals surface area contributed by atoms with Gasteiger partial charge in [0.1, 0.15) is 5.82 Å². The molecule has 0 spiro atoms. The van der Waals surface area contributed by atoms with Gasteiger partial charge in [-0.1, -0.05) is 12.5 Å². The molecule has 18 heavy (non-hydrogen) atoms. The monoisotopic (exact) mass is 246 g/mol. The van der Waals surface area contributed by atoms with E-state index in [2.05, 4.69) is 38.8 Å². The maximum atomic E-state index is 4.64. The summed E-state index contributed by atoms with van der Waals surface area (Å²) in [5.74, 6) is 1.12. The zero-order valence-electron chi connectivity index (χ0n) is 10.9. The van der Waals surface area contributed by atoms with Gasteiger partial charge < -0.3 is 15.5 Å². The fraction of sp³-hybridized carbons (Fsp3) is 0.643. The molecule has 1 aromatic heterocycles. The Morgan fingerprint density at radius 1 is 1.11 bits per heavy atom. The van der Waals surface area contributed by atoms with Crippen molar-refractivity contribution in [3.8, 4) is 0 Å². The van der Waals surface area contributed by atoms with Crippen molar-refractivity contribution in [2.45, 2.75) is 25.3 Å². The van der Waals surface area contributed by atoms with Crippen LogP contribution in [0.2, 0.25) is 0 Å². The molecule has 2 saturated heterocycles. The Morgan fingerprint density at radius 2 is 2.00 bits per heavy atom. The molecule has 2 fully saturated rings. The van der Waals surface area contributed by atoms with Crippen molar-refractivity contribution < 1.29 is 0 Å². The van der Waals surface area contributed by atoms with Crippen LogP contribution in [0.25, 0.3) is 0 Å². The topological polar surface area (TPSA) is 40.2 Å². The predicted octanol–water partition coefficient (Wildman–Crippen LogP) is 1.31. The molecule has 3 rings (SSSR count). The third kappa shape index (κ3) is 2.65. The van der Waals surface area contributed by atoms with Crippen LogP contribution in [0.1, 0.15) is 30.9 Å². The molecule has 98 valence electrons. The zero-order chi connectivity index (χ0) is 12.2. The van der Waals surface area contributed by atoms with E-state index >= 15 is 0 Å². The van der Waals surface area contributed by atoms with Crippen molar-refractivity contribution in [3.63, 3.8) is 0 Å². The molecule has 1 aromatic rings. The third-order valence-corrected chi connectivity index (χ3v) is 3.92. The van der Waals surface area contributed by atoms with Crippen LogP contribution >= 0.6 is 0 Å². The van der Waals surface area contributed by atoms with Gasteiger partial charge in [0.25, 0.3) is 0 Å². The van der Waals surface area contributed by atoms with Crippen LogP contribution in [-0.4, -0.2) is 37.7 Å². The van der Waals surface area contributed by atoms with Crippen molar-refractivity contribution in [2.75, 3.05) is 37.6 Å². The quantitative estimate of drug-likeness (QED) is 0.825. The van der Waals surface area contributed by atoms with Gasteiger partial charge in [0.15, 0.2) is 0 Å². The number of hydrogen-bond acceptors (Lipinski definition) is 4. The molecule has 0 aliphatic carbocycles. The largest absolute Gasteiger partial charge is 0.354 e. The molecule has 0 radical (unpaired) electrons. The highest BCUT2D eigenvalue weighted by atomic mass is 15.2. The number of hydrogen-bond donors (Lipinski definition) is 2. The Morgan fingerprint density at radius 3 is 2.67 bits per heavy atom. The van der Waals surface area contributed by atoms with Crippen molar-refractivity contribution in [3.05, 3.63) is 23.9 Å². The van der Waals surface area contributed by atoms with Crippen molar-refractivity contribution >= 4 is 5.82 Å². The number of nitrogens with zero attached hydrogens (tertiary/aromatic N) is 2. The Balaban J connectivity index is 1.67. The van der Waals surface area contributed by atoms with Crippen molar-refractivity contribution in [1.82, 2.24) is 15.6 Å². The minimum atomic E-state index is 0.517. The number of nitrogens with one attached hydrogen (secondary N) is 2. The van der Waals surface area contributed by atoms with Gasteiger partial charge in [-0.3, -0.25) is 0 Å². The summed E-state index contributed by atoms with van der Waals surface area (Å²) < 4.78 is 0. The molecule has 2 N–H and O–H groups in total. The zero-order valence-corrected chi connectivity index (χ0v) is 10.9. The van der Waals surface area contributed by atoms with Crippen LogP contribution in [0.3, 0.4) is 0 Å². The third-order valence-electron chi connectivity index (χ3n) is 3.92. The second-order valence-electron chi connectivity index (χ2n) is 5.19. The van der Waals surface area contributed by atoms with E-state index in [0.29, 0.717) is 6.04 Å². The second kappa shape index (κ2) is 5.67. The molecule has 0 aromatic carbocycles. The molecule has 3 heterocycles. The molecule has 0 saturated carbocycles. The molecular formula is C14H22N4. The maximum absolute atomic E-state index is 4.64. The first-order valence-electron chi connectivity index (χ1n) is 7.08. The summed E-state index contributed by atoms with van der Waals surface area (Å²) in [5, 5.41) is 6.94. The number of piperazine rings is 1. The summed E-state index contributed by atoms with van der Waals surface area (Å²) in [6.45, 7) is 5.40. The van der Waals surface area contributed by atoms with Crippen molar-refractivity contribution in [1.29, 1.82) is 0 Å². The number of pyridine rings is 1. The smallest absolute Gasteiger partial charge is 0.128 e. The molecule has 4 nitrogen and oxygen atoms in total. The van der Waals surface area contributed by atoms with Gasteiger partial charge in [-0.15, -0.1) is 0 Å². The van der Waals surface area contributed by atoms with Crippen LogP contribution in [0, 0.1) is 0 Å². The fourth-order valence-electron chi connectivity index (χ4n) is 2.82. The molecule has 0 amide bonds. The highest BCUT2D eigenvalue weighted by Gasteiger charge is 2.16.